The zero-order valence-electron chi connectivity index (χ0n) is 13.1. The number of ether oxygens (including phenoxy) is 1. The molecule has 1 amide bonds. The van der Waals surface area contributed by atoms with Crippen LogP contribution in [-0.2, 0) is 9.53 Å². The first-order chi connectivity index (χ1) is 10.9. The predicted octanol–water partition coefficient (Wildman–Crippen LogP) is 2.82. The summed E-state index contributed by atoms with van der Waals surface area (Å²) in [6.07, 6.45) is 0.0479. The Morgan fingerprint density at radius 2 is 1.96 bits per heavy atom. The molecule has 0 saturated carbocycles. The minimum atomic E-state index is -0.487. The average molecular weight is 380 g/mol. The van der Waals surface area contributed by atoms with Gasteiger partial charge in [0, 0.05) is 5.69 Å². The number of aromatic amines is 1. The van der Waals surface area contributed by atoms with Gasteiger partial charge in [0.25, 0.3) is 5.91 Å². The van der Waals surface area contributed by atoms with Crippen molar-refractivity contribution in [3.63, 3.8) is 0 Å². The lowest BCUT2D eigenvalue weighted by molar-refractivity contribution is -0.141. The lowest BCUT2D eigenvalue weighted by atomic mass is 10.0. The minimum Gasteiger partial charge on any atom is -0.469 e. The third kappa shape index (κ3) is 4.19. The molecule has 1 unspecified atom stereocenters. The van der Waals surface area contributed by atoms with Gasteiger partial charge in [-0.05, 0) is 35.3 Å². The molecule has 2 aromatic rings. The molecule has 7 heteroatoms. The van der Waals surface area contributed by atoms with Crippen LogP contribution in [0.5, 0.6) is 0 Å². The van der Waals surface area contributed by atoms with Crippen LogP contribution in [0.4, 0.5) is 0 Å². The summed E-state index contributed by atoms with van der Waals surface area (Å²) in [4.78, 5) is 24.1. The Kier molecular flexibility index (Phi) is 5.54. The van der Waals surface area contributed by atoms with Gasteiger partial charge in [0.2, 0.25) is 0 Å². The fourth-order valence-corrected chi connectivity index (χ4v) is 2.45. The van der Waals surface area contributed by atoms with Crippen LogP contribution in [0, 0.1) is 13.8 Å². The van der Waals surface area contributed by atoms with Crippen molar-refractivity contribution >= 4 is 27.8 Å². The zero-order chi connectivity index (χ0) is 17.0. The molecule has 1 aromatic carbocycles. The first-order valence-electron chi connectivity index (χ1n) is 7.07. The molecule has 23 heavy (non-hydrogen) atoms. The van der Waals surface area contributed by atoms with E-state index in [1.54, 1.807) is 6.92 Å². The Hall–Kier alpha value is -2.15. The van der Waals surface area contributed by atoms with Crippen molar-refractivity contribution in [1.82, 2.24) is 15.5 Å². The first kappa shape index (κ1) is 17.2. The number of benzene rings is 1. The number of nitrogens with one attached hydrogen (secondary N) is 2. The molecule has 1 atom stereocenters. The van der Waals surface area contributed by atoms with Crippen molar-refractivity contribution in [1.29, 1.82) is 0 Å². The van der Waals surface area contributed by atoms with Crippen molar-refractivity contribution in [3.8, 4) is 0 Å². The molecule has 2 rings (SSSR count). The lowest BCUT2D eigenvalue weighted by Crippen LogP contribution is -2.31. The molecular formula is C16H18BrN3O3. The van der Waals surface area contributed by atoms with Crippen molar-refractivity contribution in [2.75, 3.05) is 7.11 Å². The van der Waals surface area contributed by atoms with Gasteiger partial charge in [0.1, 0.15) is 0 Å². The maximum atomic E-state index is 12.4. The Labute approximate surface area is 142 Å². The molecule has 1 heterocycles. The SMILES string of the molecule is COC(=O)CC(NC(=O)c1n[nH]c(C)c1Br)c1ccc(C)cc1. The van der Waals surface area contributed by atoms with E-state index in [4.69, 9.17) is 4.74 Å². The molecule has 0 bridgehead atoms. The number of carbonyl (C=O) groups excluding carboxylic acids is 2. The number of nitrogens with zero attached hydrogens (tertiary/aromatic N) is 1. The van der Waals surface area contributed by atoms with E-state index in [-0.39, 0.29) is 18.0 Å². The van der Waals surface area contributed by atoms with E-state index >= 15 is 0 Å². The minimum absolute atomic E-state index is 0.0479. The molecule has 0 aliphatic heterocycles. The van der Waals surface area contributed by atoms with Crippen molar-refractivity contribution in [2.45, 2.75) is 26.3 Å². The summed E-state index contributed by atoms with van der Waals surface area (Å²) in [5, 5.41) is 9.55. The Bertz CT molecular complexity index is 710. The normalized spacial score (nSPS) is 11.8. The highest BCUT2D eigenvalue weighted by Crippen LogP contribution is 2.22. The number of aryl methyl sites for hydroxylation is 2. The molecule has 0 spiro atoms. The smallest absolute Gasteiger partial charge is 0.307 e. The number of esters is 1. The predicted molar refractivity (Wildman–Crippen MR) is 89.0 cm³/mol. The maximum Gasteiger partial charge on any atom is 0.307 e. The van der Waals surface area contributed by atoms with Crippen molar-refractivity contribution in [2.24, 2.45) is 0 Å². The van der Waals surface area contributed by atoms with E-state index < -0.39 is 12.0 Å². The molecule has 6 nitrogen and oxygen atoms in total. The van der Waals surface area contributed by atoms with E-state index in [1.165, 1.54) is 7.11 Å². The van der Waals surface area contributed by atoms with Crippen LogP contribution < -0.4 is 5.32 Å². The molecular weight excluding hydrogens is 362 g/mol. The van der Waals surface area contributed by atoms with E-state index in [0.29, 0.717) is 4.47 Å². The Balaban J connectivity index is 2.23. The Morgan fingerprint density at radius 3 is 2.48 bits per heavy atom. The second-order valence-electron chi connectivity index (χ2n) is 5.23. The maximum absolute atomic E-state index is 12.4. The first-order valence-corrected chi connectivity index (χ1v) is 7.86. The van der Waals surface area contributed by atoms with Gasteiger partial charge in [0.15, 0.2) is 5.69 Å². The fraction of sp³-hybridized carbons (Fsp3) is 0.312. The van der Waals surface area contributed by atoms with Gasteiger partial charge < -0.3 is 10.1 Å². The van der Waals surface area contributed by atoms with Gasteiger partial charge in [-0.25, -0.2) is 0 Å². The topological polar surface area (TPSA) is 84.1 Å². The van der Waals surface area contributed by atoms with Crippen LogP contribution in [0.25, 0.3) is 0 Å². The van der Waals surface area contributed by atoms with E-state index in [1.807, 2.05) is 31.2 Å². The van der Waals surface area contributed by atoms with Crippen LogP contribution in [0.15, 0.2) is 28.7 Å². The molecule has 122 valence electrons. The Morgan fingerprint density at radius 1 is 1.30 bits per heavy atom. The number of hydrogen-bond acceptors (Lipinski definition) is 4. The second-order valence-corrected chi connectivity index (χ2v) is 6.02. The molecule has 0 saturated heterocycles. The number of halogens is 1. The third-order valence-electron chi connectivity index (χ3n) is 3.47. The number of methoxy groups -OCH3 is 1. The highest BCUT2D eigenvalue weighted by molar-refractivity contribution is 9.10. The highest BCUT2D eigenvalue weighted by Gasteiger charge is 2.23. The third-order valence-corrected chi connectivity index (χ3v) is 4.44. The van der Waals surface area contributed by atoms with Crippen LogP contribution in [-0.4, -0.2) is 29.2 Å². The van der Waals surface area contributed by atoms with E-state index in [0.717, 1.165) is 16.8 Å². The summed E-state index contributed by atoms with van der Waals surface area (Å²) in [7, 11) is 1.32. The molecule has 0 fully saturated rings. The lowest BCUT2D eigenvalue weighted by Gasteiger charge is -2.18. The van der Waals surface area contributed by atoms with Gasteiger partial charge in [0.05, 0.1) is 24.0 Å². The molecule has 2 N–H and O–H groups in total. The number of aromatic nitrogens is 2. The molecule has 0 aliphatic carbocycles. The summed E-state index contributed by atoms with van der Waals surface area (Å²) in [5.74, 6) is -0.760. The van der Waals surface area contributed by atoms with E-state index in [9.17, 15) is 9.59 Å². The van der Waals surface area contributed by atoms with Gasteiger partial charge in [-0.15, -0.1) is 0 Å². The van der Waals surface area contributed by atoms with Gasteiger partial charge in [-0.3, -0.25) is 14.7 Å². The average Bonchev–Trinajstić information content (AvgIpc) is 2.87. The van der Waals surface area contributed by atoms with Gasteiger partial charge in [-0.2, -0.15) is 5.10 Å². The van der Waals surface area contributed by atoms with Crippen LogP contribution in [0.2, 0.25) is 0 Å². The summed E-state index contributed by atoms with van der Waals surface area (Å²) >= 11 is 3.32. The number of rotatable bonds is 5. The highest BCUT2D eigenvalue weighted by atomic mass is 79.9. The van der Waals surface area contributed by atoms with Crippen LogP contribution >= 0.6 is 15.9 Å². The van der Waals surface area contributed by atoms with Gasteiger partial charge >= 0.3 is 5.97 Å². The van der Waals surface area contributed by atoms with Crippen LogP contribution in [0.1, 0.15) is 39.8 Å². The molecule has 0 radical (unpaired) electrons. The van der Waals surface area contributed by atoms with Crippen LogP contribution in [0.3, 0.4) is 0 Å². The van der Waals surface area contributed by atoms with Crippen molar-refractivity contribution in [3.05, 3.63) is 51.3 Å². The molecule has 1 aromatic heterocycles. The largest absolute Gasteiger partial charge is 0.469 e. The zero-order valence-corrected chi connectivity index (χ0v) is 14.7. The summed E-state index contributed by atoms with van der Waals surface area (Å²) in [6.45, 7) is 3.78. The van der Waals surface area contributed by atoms with Crippen molar-refractivity contribution < 1.29 is 14.3 Å². The van der Waals surface area contributed by atoms with Gasteiger partial charge in [-0.1, -0.05) is 29.8 Å². The second kappa shape index (κ2) is 7.41. The summed E-state index contributed by atoms with van der Waals surface area (Å²) < 4.78 is 5.33. The summed E-state index contributed by atoms with van der Waals surface area (Å²) in [5.41, 5.74) is 2.94. The monoisotopic (exact) mass is 379 g/mol. The molecule has 0 aliphatic rings. The standard InChI is InChI=1S/C16H18BrN3O3/c1-9-4-6-11(7-5-9)12(8-13(21)23-3)18-16(22)15-14(17)10(2)19-20-15/h4-7,12H,8H2,1-3H3,(H,18,22)(H,19,20). The number of hydrogen-bond donors (Lipinski definition) is 2. The fourth-order valence-electron chi connectivity index (χ4n) is 2.09. The number of H-pyrrole nitrogens is 1. The summed E-state index contributed by atoms with van der Waals surface area (Å²) in [6, 6.07) is 7.14. The van der Waals surface area contributed by atoms with E-state index in [2.05, 4.69) is 31.4 Å². The number of amides is 1. The quantitative estimate of drug-likeness (QED) is 0.782. The number of carbonyl (C=O) groups is 2.